The molecule has 2 amide bonds. The summed E-state index contributed by atoms with van der Waals surface area (Å²) in [4.78, 5) is 19.8. The molecule has 3 heterocycles. The average molecular weight is 342 g/mol. The first-order valence-electron chi connectivity index (χ1n) is 9.71. The smallest absolute Gasteiger partial charge is 0.317 e. The molecule has 136 valence electrons. The van der Waals surface area contributed by atoms with Crippen LogP contribution in [0.3, 0.4) is 0 Å². The fourth-order valence-corrected chi connectivity index (χ4v) is 4.87. The molecule has 5 heteroatoms. The molecule has 0 aromatic heterocycles. The topological polar surface area (TPSA) is 38.8 Å². The van der Waals surface area contributed by atoms with E-state index in [1.807, 2.05) is 6.07 Å². The molecule has 0 unspecified atom stereocenters. The van der Waals surface area contributed by atoms with Crippen molar-refractivity contribution in [3.8, 4) is 0 Å². The minimum absolute atomic E-state index is 0.132. The van der Waals surface area contributed by atoms with Gasteiger partial charge in [-0.25, -0.2) is 4.79 Å². The van der Waals surface area contributed by atoms with Crippen LogP contribution in [0.4, 0.5) is 10.5 Å². The van der Waals surface area contributed by atoms with Gasteiger partial charge in [-0.1, -0.05) is 18.2 Å². The molecule has 0 saturated carbocycles. The molecule has 5 nitrogen and oxygen atoms in total. The Morgan fingerprint density at radius 3 is 2.64 bits per heavy atom. The van der Waals surface area contributed by atoms with Gasteiger partial charge < -0.3 is 15.1 Å². The van der Waals surface area contributed by atoms with Crippen molar-refractivity contribution in [3.05, 3.63) is 30.3 Å². The van der Waals surface area contributed by atoms with Crippen LogP contribution in [0, 0.1) is 0 Å². The number of anilines is 1. The molecular weight excluding hydrogens is 312 g/mol. The maximum atomic E-state index is 12.8. The van der Waals surface area contributed by atoms with E-state index in [0.717, 1.165) is 32.5 Å². The number of urea groups is 1. The fourth-order valence-electron chi connectivity index (χ4n) is 4.87. The number of likely N-dealkylation sites (N-methyl/N-ethyl adjacent to an activating group) is 1. The molecule has 0 spiro atoms. The van der Waals surface area contributed by atoms with Gasteiger partial charge in [-0.15, -0.1) is 0 Å². The van der Waals surface area contributed by atoms with Gasteiger partial charge in [0.15, 0.2) is 0 Å². The number of nitrogens with zero attached hydrogens (tertiary/aromatic N) is 3. The maximum Gasteiger partial charge on any atom is 0.317 e. The molecule has 3 fully saturated rings. The fraction of sp³-hybridized carbons (Fsp3) is 0.650. The van der Waals surface area contributed by atoms with Gasteiger partial charge in [0.05, 0.1) is 6.04 Å². The van der Waals surface area contributed by atoms with Crippen molar-refractivity contribution in [3.63, 3.8) is 0 Å². The lowest BCUT2D eigenvalue weighted by Crippen LogP contribution is -2.48. The molecule has 1 aromatic rings. The van der Waals surface area contributed by atoms with Crippen molar-refractivity contribution in [2.24, 2.45) is 0 Å². The zero-order chi connectivity index (χ0) is 17.4. The number of benzene rings is 1. The second kappa shape index (κ2) is 6.87. The molecule has 0 radical (unpaired) electrons. The van der Waals surface area contributed by atoms with E-state index in [-0.39, 0.29) is 12.1 Å². The van der Waals surface area contributed by atoms with Crippen molar-refractivity contribution < 1.29 is 4.79 Å². The second-order valence-electron chi connectivity index (χ2n) is 8.00. The number of carbonyl (C=O) groups excluding carboxylic acids is 1. The predicted octanol–water partition coefficient (Wildman–Crippen LogP) is 2.53. The molecule has 25 heavy (non-hydrogen) atoms. The molecular formula is C20H30N4O. The Kier molecular flexibility index (Phi) is 4.59. The Bertz CT molecular complexity index is 607. The molecule has 3 aliphatic rings. The van der Waals surface area contributed by atoms with Crippen LogP contribution < -0.4 is 10.2 Å². The lowest BCUT2D eigenvalue weighted by molar-refractivity contribution is 0.185. The van der Waals surface area contributed by atoms with Crippen molar-refractivity contribution in [2.75, 3.05) is 31.6 Å². The number of hydrogen-bond donors (Lipinski definition) is 1. The van der Waals surface area contributed by atoms with Gasteiger partial charge in [0.2, 0.25) is 0 Å². The first kappa shape index (κ1) is 16.7. The highest BCUT2D eigenvalue weighted by Gasteiger charge is 2.37. The van der Waals surface area contributed by atoms with E-state index in [2.05, 4.69) is 58.3 Å². The summed E-state index contributed by atoms with van der Waals surface area (Å²) in [5.41, 5.74) is 1.25. The first-order chi connectivity index (χ1) is 12.1. The van der Waals surface area contributed by atoms with Gasteiger partial charge in [0.25, 0.3) is 0 Å². The Hall–Kier alpha value is -1.75. The van der Waals surface area contributed by atoms with E-state index in [4.69, 9.17) is 0 Å². The minimum Gasteiger partial charge on any atom is -0.367 e. The summed E-state index contributed by atoms with van der Waals surface area (Å²) in [5.74, 6) is 0. The normalized spacial score (nSPS) is 32.7. The number of hydrogen-bond acceptors (Lipinski definition) is 3. The van der Waals surface area contributed by atoms with E-state index in [1.54, 1.807) is 0 Å². The number of para-hydroxylation sites is 1. The number of likely N-dealkylation sites (tertiary alicyclic amines) is 1. The van der Waals surface area contributed by atoms with Crippen molar-refractivity contribution in [1.82, 2.24) is 15.1 Å². The molecule has 3 saturated heterocycles. The Balaban J connectivity index is 1.35. The molecule has 0 aliphatic carbocycles. The van der Waals surface area contributed by atoms with Crippen molar-refractivity contribution >= 4 is 11.7 Å². The van der Waals surface area contributed by atoms with Crippen LogP contribution in [0.25, 0.3) is 0 Å². The van der Waals surface area contributed by atoms with Gasteiger partial charge in [0, 0.05) is 43.4 Å². The van der Waals surface area contributed by atoms with Crippen molar-refractivity contribution in [1.29, 1.82) is 0 Å². The Morgan fingerprint density at radius 2 is 1.84 bits per heavy atom. The zero-order valence-electron chi connectivity index (χ0n) is 15.4. The highest BCUT2D eigenvalue weighted by atomic mass is 16.2. The molecule has 4 rings (SSSR count). The summed E-state index contributed by atoms with van der Waals surface area (Å²) in [6.45, 7) is 4.92. The van der Waals surface area contributed by atoms with Crippen LogP contribution in [0.5, 0.6) is 0 Å². The highest BCUT2D eigenvalue weighted by Crippen LogP contribution is 2.29. The Morgan fingerprint density at radius 1 is 1.08 bits per heavy atom. The van der Waals surface area contributed by atoms with Crippen LogP contribution in [0.1, 0.15) is 32.6 Å². The molecule has 4 atom stereocenters. The monoisotopic (exact) mass is 342 g/mol. The summed E-state index contributed by atoms with van der Waals surface area (Å²) < 4.78 is 0. The third-order valence-corrected chi connectivity index (χ3v) is 6.43. The van der Waals surface area contributed by atoms with Gasteiger partial charge >= 0.3 is 6.03 Å². The molecule has 3 aliphatic heterocycles. The standard InChI is InChI=1S/C20H30N4O/c1-15-12-16(13-24(15)18-6-4-3-5-7-18)21-20(25)23-11-10-17-8-9-19(14-23)22(17)2/h3-7,15-17,19H,8-14H2,1-2H3,(H,21,25)/t15-,16+,17-,19+/m1/s1. The molecule has 1 N–H and O–H groups in total. The number of carbonyl (C=O) groups is 1. The van der Waals surface area contributed by atoms with Gasteiger partial charge in [0.1, 0.15) is 0 Å². The van der Waals surface area contributed by atoms with Crippen LogP contribution in [0.15, 0.2) is 30.3 Å². The minimum atomic E-state index is 0.132. The molecule has 1 aromatic carbocycles. The predicted molar refractivity (Wildman–Crippen MR) is 101 cm³/mol. The number of amides is 2. The van der Waals surface area contributed by atoms with E-state index >= 15 is 0 Å². The van der Waals surface area contributed by atoms with Crippen molar-refractivity contribution in [2.45, 2.75) is 56.8 Å². The van der Waals surface area contributed by atoms with Crippen LogP contribution >= 0.6 is 0 Å². The van der Waals surface area contributed by atoms with Gasteiger partial charge in [-0.3, -0.25) is 4.90 Å². The average Bonchev–Trinajstić information content (AvgIpc) is 3.07. The first-order valence-corrected chi connectivity index (χ1v) is 9.71. The lowest BCUT2D eigenvalue weighted by Gasteiger charge is -2.27. The van der Waals surface area contributed by atoms with Crippen LogP contribution in [-0.4, -0.2) is 66.7 Å². The summed E-state index contributed by atoms with van der Waals surface area (Å²) >= 11 is 0. The summed E-state index contributed by atoms with van der Waals surface area (Å²) in [7, 11) is 2.22. The van der Waals surface area contributed by atoms with E-state index < -0.39 is 0 Å². The number of fused-ring (bicyclic) bond motifs is 2. The summed E-state index contributed by atoms with van der Waals surface area (Å²) in [6.07, 6.45) is 4.65. The van der Waals surface area contributed by atoms with E-state index in [0.29, 0.717) is 18.1 Å². The summed E-state index contributed by atoms with van der Waals surface area (Å²) in [6, 6.07) is 12.6. The number of rotatable bonds is 2. The van der Waals surface area contributed by atoms with Gasteiger partial charge in [-0.2, -0.15) is 0 Å². The van der Waals surface area contributed by atoms with Crippen LogP contribution in [-0.2, 0) is 0 Å². The highest BCUT2D eigenvalue weighted by molar-refractivity contribution is 5.75. The number of nitrogens with one attached hydrogen (secondary N) is 1. The third kappa shape index (κ3) is 3.34. The summed E-state index contributed by atoms with van der Waals surface area (Å²) in [5, 5.41) is 3.31. The Labute approximate surface area is 151 Å². The van der Waals surface area contributed by atoms with Gasteiger partial charge in [-0.05, 0) is 51.8 Å². The van der Waals surface area contributed by atoms with Crippen LogP contribution in [0.2, 0.25) is 0 Å². The largest absolute Gasteiger partial charge is 0.367 e. The van der Waals surface area contributed by atoms with E-state index in [1.165, 1.54) is 18.5 Å². The third-order valence-electron chi connectivity index (χ3n) is 6.43. The SMILES string of the molecule is C[C@@H]1C[C@H](NC(=O)N2CC[C@H]3CC[C@@H](C2)N3C)CN1c1ccccc1. The maximum absolute atomic E-state index is 12.8. The lowest BCUT2D eigenvalue weighted by atomic mass is 10.1. The molecule has 2 bridgehead atoms. The zero-order valence-corrected chi connectivity index (χ0v) is 15.4. The quantitative estimate of drug-likeness (QED) is 0.898. The van der Waals surface area contributed by atoms with E-state index in [9.17, 15) is 4.79 Å². The second-order valence-corrected chi connectivity index (χ2v) is 8.00.